The molecule has 0 bridgehead atoms. The van der Waals surface area contributed by atoms with E-state index in [-0.39, 0.29) is 5.56 Å². The number of amides is 1. The molecule has 0 aliphatic rings. The van der Waals surface area contributed by atoms with E-state index in [9.17, 15) is 9.59 Å². The van der Waals surface area contributed by atoms with Gasteiger partial charge in [-0.1, -0.05) is 30.0 Å². The van der Waals surface area contributed by atoms with Gasteiger partial charge in [0.25, 0.3) is 5.91 Å². The Morgan fingerprint density at radius 3 is 2.67 bits per heavy atom. The Kier molecular flexibility index (Phi) is 4.52. The van der Waals surface area contributed by atoms with Crippen molar-refractivity contribution in [1.29, 1.82) is 0 Å². The molecule has 0 saturated carbocycles. The maximum absolute atomic E-state index is 12.5. The fraction of sp³-hybridized carbons (Fsp3) is 0.0500. The topological polar surface area (TPSA) is 77.1 Å². The highest BCUT2D eigenvalue weighted by Gasteiger charge is 2.14. The summed E-state index contributed by atoms with van der Waals surface area (Å²) in [7, 11) is 1.93. The number of hydrogen-bond acceptors (Lipinski definition) is 5. The average molecular weight is 377 g/mol. The minimum absolute atomic E-state index is 0.0276. The lowest BCUT2D eigenvalue weighted by Crippen LogP contribution is -2.20. The van der Waals surface area contributed by atoms with Gasteiger partial charge in [-0.25, -0.2) is 9.78 Å². The zero-order chi connectivity index (χ0) is 18.8. The molecule has 0 atom stereocenters. The highest BCUT2D eigenvalue weighted by atomic mass is 32.2. The summed E-state index contributed by atoms with van der Waals surface area (Å²) in [6, 6.07) is 16.0. The number of nitrogens with zero attached hydrogens (tertiary/aromatic N) is 2. The van der Waals surface area contributed by atoms with E-state index >= 15 is 0 Å². The predicted octanol–water partition coefficient (Wildman–Crippen LogP) is 3.93. The highest BCUT2D eigenvalue weighted by molar-refractivity contribution is 7.99. The van der Waals surface area contributed by atoms with Crippen molar-refractivity contribution < 1.29 is 9.21 Å². The van der Waals surface area contributed by atoms with Gasteiger partial charge in [0.2, 0.25) is 0 Å². The molecule has 0 spiro atoms. The third kappa shape index (κ3) is 3.63. The summed E-state index contributed by atoms with van der Waals surface area (Å²) in [4.78, 5) is 29.8. The maximum Gasteiger partial charge on any atom is 0.349 e. The van der Waals surface area contributed by atoms with Crippen LogP contribution in [-0.4, -0.2) is 15.5 Å². The summed E-state index contributed by atoms with van der Waals surface area (Å²) >= 11 is 1.52. The van der Waals surface area contributed by atoms with Crippen LogP contribution in [0.3, 0.4) is 0 Å². The average Bonchev–Trinajstić information content (AvgIpc) is 3.07. The number of anilines is 1. The quantitative estimate of drug-likeness (QED) is 0.545. The fourth-order valence-corrected chi connectivity index (χ4v) is 3.38. The minimum atomic E-state index is -0.659. The van der Waals surface area contributed by atoms with Gasteiger partial charge in [0, 0.05) is 35.4 Å². The van der Waals surface area contributed by atoms with Crippen LogP contribution >= 0.6 is 11.8 Å². The number of aromatic nitrogens is 2. The van der Waals surface area contributed by atoms with Crippen LogP contribution < -0.4 is 10.9 Å². The molecule has 2 aromatic heterocycles. The Labute approximate surface area is 158 Å². The summed E-state index contributed by atoms with van der Waals surface area (Å²) in [5.41, 5.74) is 0.361. The van der Waals surface area contributed by atoms with Crippen molar-refractivity contribution in [3.63, 3.8) is 0 Å². The van der Waals surface area contributed by atoms with Crippen molar-refractivity contribution in [2.45, 2.75) is 10.1 Å². The van der Waals surface area contributed by atoms with Gasteiger partial charge < -0.3 is 14.3 Å². The Hall–Kier alpha value is -3.32. The normalized spacial score (nSPS) is 10.9. The van der Waals surface area contributed by atoms with Crippen molar-refractivity contribution in [2.75, 3.05) is 5.32 Å². The van der Waals surface area contributed by atoms with Crippen LogP contribution in [0, 0.1) is 0 Å². The Morgan fingerprint density at radius 2 is 1.93 bits per heavy atom. The number of para-hydroxylation sites is 1. The van der Waals surface area contributed by atoms with E-state index in [4.69, 9.17) is 4.42 Å². The molecule has 0 radical (unpaired) electrons. The number of rotatable bonds is 4. The van der Waals surface area contributed by atoms with E-state index in [1.54, 1.807) is 42.6 Å². The molecule has 27 heavy (non-hydrogen) atoms. The summed E-state index contributed by atoms with van der Waals surface area (Å²) in [5.74, 6) is -0.501. The van der Waals surface area contributed by atoms with Gasteiger partial charge >= 0.3 is 5.63 Å². The second-order valence-corrected chi connectivity index (χ2v) is 6.93. The number of hydrogen-bond donors (Lipinski definition) is 1. The van der Waals surface area contributed by atoms with Gasteiger partial charge in [-0.05, 0) is 36.4 Å². The van der Waals surface area contributed by atoms with Crippen LogP contribution in [0.25, 0.3) is 11.0 Å². The van der Waals surface area contributed by atoms with Crippen LogP contribution in [0.5, 0.6) is 0 Å². The largest absolute Gasteiger partial charge is 0.422 e. The molecule has 0 saturated heterocycles. The van der Waals surface area contributed by atoms with Crippen LogP contribution in [0.1, 0.15) is 10.4 Å². The van der Waals surface area contributed by atoms with Gasteiger partial charge in [0.05, 0.1) is 0 Å². The van der Waals surface area contributed by atoms with Gasteiger partial charge in [0.15, 0.2) is 5.16 Å². The molecule has 4 rings (SSSR count). The van der Waals surface area contributed by atoms with Crippen LogP contribution in [0.4, 0.5) is 5.69 Å². The first-order valence-electron chi connectivity index (χ1n) is 8.19. The van der Waals surface area contributed by atoms with E-state index < -0.39 is 11.5 Å². The van der Waals surface area contributed by atoms with E-state index in [0.717, 1.165) is 10.1 Å². The Bertz CT molecular complexity index is 1180. The fourth-order valence-electron chi connectivity index (χ4n) is 2.58. The molecule has 0 aliphatic carbocycles. The smallest absolute Gasteiger partial charge is 0.349 e. The zero-order valence-electron chi connectivity index (χ0n) is 14.4. The standard InChI is InChI=1S/C20H15N3O3S/c1-23-11-10-21-20(23)27-15-8-6-14(7-9-15)22-18(24)16-12-13-4-2-3-5-17(13)26-19(16)25/h2-12H,1H3,(H,22,24). The summed E-state index contributed by atoms with van der Waals surface area (Å²) in [5, 5.41) is 4.31. The lowest BCUT2D eigenvalue weighted by molar-refractivity contribution is 0.102. The van der Waals surface area contributed by atoms with E-state index in [0.29, 0.717) is 16.7 Å². The summed E-state index contributed by atoms with van der Waals surface area (Å²) in [6.07, 6.45) is 3.62. The SMILES string of the molecule is Cn1ccnc1Sc1ccc(NC(=O)c2cc3ccccc3oc2=O)cc1. The minimum Gasteiger partial charge on any atom is -0.422 e. The number of fused-ring (bicyclic) bond motifs is 1. The zero-order valence-corrected chi connectivity index (χ0v) is 15.2. The molecule has 0 aliphatic heterocycles. The number of benzene rings is 2. The number of imidazole rings is 1. The second kappa shape index (κ2) is 7.13. The van der Waals surface area contributed by atoms with Crippen molar-refractivity contribution in [2.24, 2.45) is 7.05 Å². The number of aryl methyl sites for hydroxylation is 1. The summed E-state index contributed by atoms with van der Waals surface area (Å²) < 4.78 is 7.14. The number of carbonyl (C=O) groups is 1. The predicted molar refractivity (Wildman–Crippen MR) is 104 cm³/mol. The molecule has 134 valence electrons. The molecular formula is C20H15N3O3S. The molecule has 7 heteroatoms. The first kappa shape index (κ1) is 17.1. The molecule has 0 fully saturated rings. The van der Waals surface area contributed by atoms with Crippen molar-refractivity contribution in [3.8, 4) is 0 Å². The number of nitrogens with one attached hydrogen (secondary N) is 1. The monoisotopic (exact) mass is 377 g/mol. The van der Waals surface area contributed by atoms with Crippen LogP contribution in [0.15, 0.2) is 86.3 Å². The molecular weight excluding hydrogens is 362 g/mol. The van der Waals surface area contributed by atoms with Gasteiger partial charge in [0.1, 0.15) is 11.1 Å². The summed E-state index contributed by atoms with van der Waals surface area (Å²) in [6.45, 7) is 0. The molecule has 0 unspecified atom stereocenters. The van der Waals surface area contributed by atoms with Crippen molar-refractivity contribution in [1.82, 2.24) is 9.55 Å². The highest BCUT2D eigenvalue weighted by Crippen LogP contribution is 2.26. The van der Waals surface area contributed by atoms with Gasteiger partial charge in [-0.2, -0.15) is 0 Å². The molecule has 4 aromatic rings. The van der Waals surface area contributed by atoms with Crippen LogP contribution in [0.2, 0.25) is 0 Å². The lowest BCUT2D eigenvalue weighted by atomic mass is 10.1. The first-order chi connectivity index (χ1) is 13.1. The third-order valence-corrected chi connectivity index (χ3v) is 5.07. The molecule has 2 aromatic carbocycles. The van der Waals surface area contributed by atoms with Crippen molar-refractivity contribution >= 4 is 34.3 Å². The van der Waals surface area contributed by atoms with Crippen molar-refractivity contribution in [3.05, 3.63) is 83.0 Å². The van der Waals surface area contributed by atoms with E-state index in [1.807, 2.05) is 36.0 Å². The van der Waals surface area contributed by atoms with E-state index in [2.05, 4.69) is 10.3 Å². The first-order valence-corrected chi connectivity index (χ1v) is 9.01. The Morgan fingerprint density at radius 1 is 1.15 bits per heavy atom. The third-order valence-electron chi connectivity index (χ3n) is 3.98. The Balaban J connectivity index is 1.52. The lowest BCUT2D eigenvalue weighted by Gasteiger charge is -2.07. The molecule has 1 amide bonds. The second-order valence-electron chi connectivity index (χ2n) is 5.89. The van der Waals surface area contributed by atoms with Gasteiger partial charge in [-0.3, -0.25) is 4.79 Å². The molecule has 2 heterocycles. The molecule has 1 N–H and O–H groups in total. The molecule has 6 nitrogen and oxygen atoms in total. The van der Waals surface area contributed by atoms with E-state index in [1.165, 1.54) is 11.8 Å². The van der Waals surface area contributed by atoms with Crippen LogP contribution in [-0.2, 0) is 7.05 Å². The van der Waals surface area contributed by atoms with Gasteiger partial charge in [-0.15, -0.1) is 0 Å². The maximum atomic E-state index is 12.5. The number of carbonyl (C=O) groups excluding carboxylic acids is 1.